The molecule has 4 rings (SSSR count). The van der Waals surface area contributed by atoms with Gasteiger partial charge in [0.15, 0.2) is 15.0 Å². The lowest BCUT2D eigenvalue weighted by molar-refractivity contribution is 0.0999. The number of anilines is 2. The summed E-state index contributed by atoms with van der Waals surface area (Å²) >= 11 is 1.42. The highest BCUT2D eigenvalue weighted by atomic mass is 32.2. The van der Waals surface area contributed by atoms with E-state index >= 15 is 0 Å². The molecule has 0 atom stereocenters. The van der Waals surface area contributed by atoms with Crippen molar-refractivity contribution in [3.05, 3.63) is 83.9 Å². The summed E-state index contributed by atoms with van der Waals surface area (Å²) in [5.74, 6) is -0.330. The van der Waals surface area contributed by atoms with Crippen molar-refractivity contribution in [3.8, 4) is 0 Å². The first-order valence-electron chi connectivity index (χ1n) is 8.90. The number of fused-ring (bicyclic) bond motifs is 1. The quantitative estimate of drug-likeness (QED) is 0.465. The number of thiazole rings is 1. The molecule has 0 aliphatic rings. The van der Waals surface area contributed by atoms with E-state index in [9.17, 15) is 13.2 Å². The maximum Gasteiger partial charge on any atom is 0.264 e. The van der Waals surface area contributed by atoms with Gasteiger partial charge in [-0.3, -0.25) is 9.69 Å². The van der Waals surface area contributed by atoms with Crippen molar-refractivity contribution in [2.24, 2.45) is 0 Å². The first kappa shape index (κ1) is 19.3. The van der Waals surface area contributed by atoms with Crippen molar-refractivity contribution >= 4 is 48.1 Å². The molecule has 1 aromatic heterocycles. The van der Waals surface area contributed by atoms with E-state index in [-0.39, 0.29) is 16.4 Å². The van der Waals surface area contributed by atoms with E-state index in [1.165, 1.54) is 23.5 Å². The number of aromatic nitrogens is 1. The molecule has 0 N–H and O–H groups in total. The Bertz CT molecular complexity index is 1290. The first-order chi connectivity index (χ1) is 13.8. The lowest BCUT2D eigenvalue weighted by atomic mass is 10.1. The molecule has 3 aromatic carbocycles. The van der Waals surface area contributed by atoms with E-state index in [2.05, 4.69) is 4.98 Å². The minimum absolute atomic E-state index is 0.109. The molecule has 4 aromatic rings. The van der Waals surface area contributed by atoms with Crippen molar-refractivity contribution in [1.82, 2.24) is 4.98 Å². The van der Waals surface area contributed by atoms with Gasteiger partial charge in [0.05, 0.1) is 20.8 Å². The SMILES string of the molecule is Cc1ccccc1N(C(=O)c1cccc(S(C)(=O)=O)c1)c1nc2ccccc2s1. The van der Waals surface area contributed by atoms with Crippen LogP contribution in [-0.4, -0.2) is 25.6 Å². The zero-order chi connectivity index (χ0) is 20.6. The maximum atomic E-state index is 13.6. The van der Waals surface area contributed by atoms with Crippen LogP contribution in [0.4, 0.5) is 10.8 Å². The molecule has 0 saturated carbocycles. The van der Waals surface area contributed by atoms with E-state index in [0.29, 0.717) is 10.8 Å². The molecule has 7 heteroatoms. The number of sulfone groups is 1. The van der Waals surface area contributed by atoms with E-state index in [0.717, 1.165) is 22.0 Å². The van der Waals surface area contributed by atoms with Gasteiger partial charge in [-0.15, -0.1) is 0 Å². The molecule has 146 valence electrons. The number of hydrogen-bond donors (Lipinski definition) is 0. The second-order valence-corrected chi connectivity index (χ2v) is 9.72. The number of para-hydroxylation sites is 2. The Hall–Kier alpha value is -3.03. The van der Waals surface area contributed by atoms with Crippen LogP contribution in [0.25, 0.3) is 10.2 Å². The Morgan fingerprint density at radius 2 is 1.69 bits per heavy atom. The summed E-state index contributed by atoms with van der Waals surface area (Å²) in [6.45, 7) is 1.93. The van der Waals surface area contributed by atoms with Gasteiger partial charge in [-0.25, -0.2) is 13.4 Å². The number of carbonyl (C=O) groups is 1. The Kier molecular flexibility index (Phi) is 4.94. The molecule has 5 nitrogen and oxygen atoms in total. The lowest BCUT2D eigenvalue weighted by Gasteiger charge is -2.22. The van der Waals surface area contributed by atoms with Gasteiger partial charge in [0.25, 0.3) is 5.91 Å². The third-order valence-electron chi connectivity index (χ3n) is 4.54. The molecule has 0 aliphatic carbocycles. The van der Waals surface area contributed by atoms with Crippen LogP contribution in [0.3, 0.4) is 0 Å². The van der Waals surface area contributed by atoms with Crippen molar-refractivity contribution in [3.63, 3.8) is 0 Å². The summed E-state index contributed by atoms with van der Waals surface area (Å²) in [6.07, 6.45) is 1.13. The molecule has 29 heavy (non-hydrogen) atoms. The van der Waals surface area contributed by atoms with Gasteiger partial charge in [-0.2, -0.15) is 0 Å². The van der Waals surface area contributed by atoms with Gasteiger partial charge < -0.3 is 0 Å². The largest absolute Gasteiger partial charge is 0.268 e. The standard InChI is InChI=1S/C22H18N2O3S2/c1-15-8-3-5-12-19(15)24(22-23-18-11-4-6-13-20(18)28-22)21(25)16-9-7-10-17(14-16)29(2,26)27/h3-14H,1-2H3. The number of hydrogen-bond acceptors (Lipinski definition) is 5. The molecule has 0 unspecified atom stereocenters. The molecule has 1 amide bonds. The molecule has 0 radical (unpaired) electrons. The van der Waals surface area contributed by atoms with Gasteiger partial charge >= 0.3 is 0 Å². The van der Waals surface area contributed by atoms with Gasteiger partial charge in [0.1, 0.15) is 0 Å². The number of rotatable bonds is 4. The minimum Gasteiger partial charge on any atom is -0.268 e. The average Bonchev–Trinajstić information content (AvgIpc) is 3.12. The van der Waals surface area contributed by atoms with Crippen LogP contribution < -0.4 is 4.90 Å². The van der Waals surface area contributed by atoms with Crippen LogP contribution in [0.5, 0.6) is 0 Å². The summed E-state index contributed by atoms with van der Waals surface area (Å²) in [7, 11) is -3.43. The lowest BCUT2D eigenvalue weighted by Crippen LogP contribution is -2.26. The molecule has 0 spiro atoms. The summed E-state index contributed by atoms with van der Waals surface area (Å²) in [4.78, 5) is 19.9. The van der Waals surface area contributed by atoms with Gasteiger partial charge in [0, 0.05) is 11.8 Å². The second-order valence-electron chi connectivity index (χ2n) is 6.69. The Balaban J connectivity index is 1.89. The summed E-state index contributed by atoms with van der Waals surface area (Å²) in [5.41, 5.74) is 2.72. The third kappa shape index (κ3) is 3.79. The fourth-order valence-corrected chi connectivity index (χ4v) is 4.70. The molecule has 0 aliphatic heterocycles. The molecule has 1 heterocycles. The zero-order valence-electron chi connectivity index (χ0n) is 15.9. The molecule has 0 fully saturated rings. The zero-order valence-corrected chi connectivity index (χ0v) is 17.5. The average molecular weight is 423 g/mol. The monoisotopic (exact) mass is 422 g/mol. The van der Waals surface area contributed by atoms with Crippen LogP contribution in [0.1, 0.15) is 15.9 Å². The third-order valence-corrected chi connectivity index (χ3v) is 6.67. The molecule has 0 saturated heterocycles. The number of aryl methyl sites for hydroxylation is 1. The summed E-state index contributed by atoms with van der Waals surface area (Å²) in [6, 6.07) is 21.4. The number of amides is 1. The van der Waals surface area contributed by atoms with Crippen LogP contribution in [0.2, 0.25) is 0 Å². The normalized spacial score (nSPS) is 11.5. The number of carbonyl (C=O) groups excluding carboxylic acids is 1. The fourth-order valence-electron chi connectivity index (χ4n) is 3.06. The summed E-state index contributed by atoms with van der Waals surface area (Å²) < 4.78 is 24.9. The number of benzene rings is 3. The van der Waals surface area contributed by atoms with E-state index in [4.69, 9.17) is 0 Å². The van der Waals surface area contributed by atoms with Crippen molar-refractivity contribution in [1.29, 1.82) is 0 Å². The number of nitrogens with zero attached hydrogens (tertiary/aromatic N) is 2. The molecular weight excluding hydrogens is 404 g/mol. The highest BCUT2D eigenvalue weighted by molar-refractivity contribution is 7.90. The highest BCUT2D eigenvalue weighted by Gasteiger charge is 2.25. The van der Waals surface area contributed by atoms with Crippen molar-refractivity contribution in [2.75, 3.05) is 11.2 Å². The fraction of sp³-hybridized carbons (Fsp3) is 0.0909. The van der Waals surface area contributed by atoms with Gasteiger partial charge in [-0.1, -0.05) is 47.7 Å². The van der Waals surface area contributed by atoms with Crippen LogP contribution >= 0.6 is 11.3 Å². The second kappa shape index (κ2) is 7.42. The smallest absolute Gasteiger partial charge is 0.264 e. The van der Waals surface area contributed by atoms with E-state index in [1.807, 2.05) is 55.5 Å². The molecular formula is C22H18N2O3S2. The minimum atomic E-state index is -3.43. The first-order valence-corrected chi connectivity index (χ1v) is 11.6. The Labute approximate surface area is 173 Å². The van der Waals surface area contributed by atoms with Crippen molar-refractivity contribution in [2.45, 2.75) is 11.8 Å². The van der Waals surface area contributed by atoms with Gasteiger partial charge in [0.2, 0.25) is 0 Å². The highest BCUT2D eigenvalue weighted by Crippen LogP contribution is 2.36. The topological polar surface area (TPSA) is 67.3 Å². The maximum absolute atomic E-state index is 13.6. The van der Waals surface area contributed by atoms with Crippen LogP contribution in [0, 0.1) is 6.92 Å². The predicted octanol–water partition coefficient (Wildman–Crippen LogP) is 4.99. The van der Waals surface area contributed by atoms with E-state index < -0.39 is 9.84 Å². The predicted molar refractivity (Wildman–Crippen MR) is 117 cm³/mol. The Morgan fingerprint density at radius 3 is 2.41 bits per heavy atom. The van der Waals surface area contributed by atoms with Crippen LogP contribution in [0.15, 0.2) is 77.7 Å². The van der Waals surface area contributed by atoms with E-state index in [1.54, 1.807) is 17.0 Å². The Morgan fingerprint density at radius 1 is 0.966 bits per heavy atom. The van der Waals surface area contributed by atoms with Crippen LogP contribution in [-0.2, 0) is 9.84 Å². The summed E-state index contributed by atoms with van der Waals surface area (Å²) in [5, 5.41) is 0.537. The van der Waals surface area contributed by atoms with Crippen molar-refractivity contribution < 1.29 is 13.2 Å². The molecule has 0 bridgehead atoms. The van der Waals surface area contributed by atoms with Gasteiger partial charge in [-0.05, 0) is 48.9 Å².